The lowest BCUT2D eigenvalue weighted by Gasteiger charge is -2.18. The van der Waals surface area contributed by atoms with E-state index >= 15 is 0 Å². The summed E-state index contributed by atoms with van der Waals surface area (Å²) < 4.78 is 16.7. The van der Waals surface area contributed by atoms with Crippen molar-refractivity contribution in [1.29, 1.82) is 0 Å². The van der Waals surface area contributed by atoms with Crippen molar-refractivity contribution in [2.24, 2.45) is 0 Å². The van der Waals surface area contributed by atoms with Gasteiger partial charge in [-0.2, -0.15) is 0 Å². The Bertz CT molecular complexity index is 1170. The van der Waals surface area contributed by atoms with Gasteiger partial charge in [-0.25, -0.2) is 0 Å². The Morgan fingerprint density at radius 2 is 0.594 bits per heavy atom. The van der Waals surface area contributed by atoms with Gasteiger partial charge in [-0.3, -0.25) is 14.4 Å². The van der Waals surface area contributed by atoms with Gasteiger partial charge in [0.2, 0.25) is 0 Å². The molecule has 0 bridgehead atoms. The number of carbonyl (C=O) groups excluding carboxylic acids is 3. The highest BCUT2D eigenvalue weighted by molar-refractivity contribution is 5.71. The van der Waals surface area contributed by atoms with Crippen LogP contribution in [0.5, 0.6) is 0 Å². The number of allylic oxidation sites excluding steroid dienone is 10. The molecule has 370 valence electrons. The predicted molar refractivity (Wildman–Crippen MR) is 275 cm³/mol. The summed E-state index contributed by atoms with van der Waals surface area (Å²) in [5.74, 6) is -0.943. The van der Waals surface area contributed by atoms with E-state index in [4.69, 9.17) is 14.2 Å². The van der Waals surface area contributed by atoms with Gasteiger partial charge >= 0.3 is 17.9 Å². The highest BCUT2D eigenvalue weighted by Gasteiger charge is 2.19. The fraction of sp³-hybridized carbons (Fsp3) is 0.776. The predicted octanol–water partition coefficient (Wildman–Crippen LogP) is 18.0. The lowest BCUT2D eigenvalue weighted by atomic mass is 10.0. The zero-order valence-electron chi connectivity index (χ0n) is 42.3. The van der Waals surface area contributed by atoms with Crippen LogP contribution in [0.25, 0.3) is 0 Å². The number of rotatable bonds is 49. The normalized spacial score (nSPS) is 12.5. The number of esters is 3. The highest BCUT2D eigenvalue weighted by atomic mass is 16.6. The minimum atomic E-state index is -0.795. The van der Waals surface area contributed by atoms with E-state index in [-0.39, 0.29) is 31.1 Å². The summed E-state index contributed by atoms with van der Waals surface area (Å²) in [7, 11) is 0. The molecule has 0 aliphatic heterocycles. The fourth-order valence-corrected chi connectivity index (χ4v) is 7.69. The first-order chi connectivity index (χ1) is 31.5. The van der Waals surface area contributed by atoms with Crippen LogP contribution in [-0.2, 0) is 28.6 Å². The van der Waals surface area contributed by atoms with Gasteiger partial charge in [-0.05, 0) is 64.2 Å². The second kappa shape index (κ2) is 52.7. The molecule has 0 spiro atoms. The lowest BCUT2D eigenvalue weighted by Crippen LogP contribution is -2.30. The van der Waals surface area contributed by atoms with Crippen LogP contribution in [-0.4, -0.2) is 37.2 Å². The van der Waals surface area contributed by atoms with E-state index in [1.54, 1.807) is 0 Å². The molecule has 64 heavy (non-hydrogen) atoms. The van der Waals surface area contributed by atoms with Gasteiger partial charge in [0, 0.05) is 19.3 Å². The van der Waals surface area contributed by atoms with E-state index in [1.165, 1.54) is 148 Å². The van der Waals surface area contributed by atoms with Crippen molar-refractivity contribution in [3.05, 3.63) is 60.8 Å². The highest BCUT2D eigenvalue weighted by Crippen LogP contribution is 2.16. The van der Waals surface area contributed by atoms with Crippen LogP contribution < -0.4 is 0 Å². The topological polar surface area (TPSA) is 78.9 Å². The summed E-state index contributed by atoms with van der Waals surface area (Å²) in [6.45, 7) is 6.54. The van der Waals surface area contributed by atoms with E-state index in [2.05, 4.69) is 81.5 Å². The molecule has 0 aliphatic rings. The number of ether oxygens (including phenoxy) is 3. The third-order valence-electron chi connectivity index (χ3n) is 11.8. The van der Waals surface area contributed by atoms with Crippen LogP contribution in [0.4, 0.5) is 0 Å². The minimum absolute atomic E-state index is 0.0904. The fourth-order valence-electron chi connectivity index (χ4n) is 7.69. The van der Waals surface area contributed by atoms with Crippen molar-refractivity contribution in [1.82, 2.24) is 0 Å². The Labute approximate surface area is 396 Å². The van der Waals surface area contributed by atoms with Gasteiger partial charge < -0.3 is 14.2 Å². The standard InChI is InChI=1S/C58H102O6/c1-4-7-10-13-16-19-21-23-25-27-29-31-32-34-36-39-42-45-48-51-57(60)63-54-55(53-62-56(59)50-47-44-41-38-18-15-12-9-6-3)64-58(61)52-49-46-43-40-37-35-33-30-28-26-24-22-20-17-14-11-8-5-2/h17,20,22,24,26,28,30,33,38,41,55H,4-16,18-19,21,23,25,27,29,31-32,34-37,39-40,42-54H2,1-3H3/b20-17-,24-22-,28-26-,33-30-,41-38-. The minimum Gasteiger partial charge on any atom is -0.462 e. The summed E-state index contributed by atoms with van der Waals surface area (Å²) in [6, 6.07) is 0. The molecule has 0 rings (SSSR count). The smallest absolute Gasteiger partial charge is 0.306 e. The van der Waals surface area contributed by atoms with Crippen LogP contribution in [0, 0.1) is 0 Å². The first-order valence-corrected chi connectivity index (χ1v) is 27.3. The summed E-state index contributed by atoms with van der Waals surface area (Å²) in [5.41, 5.74) is 0. The zero-order valence-corrected chi connectivity index (χ0v) is 42.3. The number of hydrogen-bond acceptors (Lipinski definition) is 6. The number of unbranched alkanes of at least 4 members (excludes halogenated alkanes) is 31. The molecule has 0 aliphatic carbocycles. The molecule has 0 radical (unpaired) electrons. The van der Waals surface area contributed by atoms with Crippen LogP contribution in [0.1, 0.15) is 271 Å². The molecule has 0 saturated carbocycles. The maximum atomic E-state index is 12.8. The molecule has 0 saturated heterocycles. The SMILES string of the molecule is CCCCC\C=C/C=C\C=C/C=C\CCCCCCCC(=O)OC(COC(=O)CCC/C=C\CCCCCC)COC(=O)CCCCCCCCCCCCCCCCCCCCC. The van der Waals surface area contributed by atoms with E-state index in [0.717, 1.165) is 77.0 Å². The molecule has 6 heteroatoms. The van der Waals surface area contributed by atoms with Crippen molar-refractivity contribution in [3.8, 4) is 0 Å². The van der Waals surface area contributed by atoms with Gasteiger partial charge in [0.1, 0.15) is 13.2 Å². The van der Waals surface area contributed by atoms with E-state index < -0.39 is 6.10 Å². The lowest BCUT2D eigenvalue weighted by molar-refractivity contribution is -0.167. The van der Waals surface area contributed by atoms with Crippen molar-refractivity contribution >= 4 is 17.9 Å². The second-order valence-corrected chi connectivity index (χ2v) is 18.2. The Morgan fingerprint density at radius 3 is 1.03 bits per heavy atom. The zero-order chi connectivity index (χ0) is 46.5. The van der Waals surface area contributed by atoms with Gasteiger partial charge in [0.15, 0.2) is 6.10 Å². The molecule has 0 heterocycles. The van der Waals surface area contributed by atoms with E-state index in [1.807, 2.05) is 0 Å². The third-order valence-corrected chi connectivity index (χ3v) is 11.8. The molecular formula is C58H102O6. The summed E-state index contributed by atoms with van der Waals surface area (Å²) in [6.07, 6.45) is 65.0. The van der Waals surface area contributed by atoms with Gasteiger partial charge in [-0.1, -0.05) is 248 Å². The molecule has 1 unspecified atom stereocenters. The summed E-state index contributed by atoms with van der Waals surface area (Å²) in [4.78, 5) is 37.9. The average molecular weight is 895 g/mol. The average Bonchev–Trinajstić information content (AvgIpc) is 3.29. The van der Waals surface area contributed by atoms with Gasteiger partial charge in [-0.15, -0.1) is 0 Å². The molecule has 1 atom stereocenters. The van der Waals surface area contributed by atoms with Crippen molar-refractivity contribution in [2.75, 3.05) is 13.2 Å². The molecule has 6 nitrogen and oxygen atoms in total. The summed E-state index contributed by atoms with van der Waals surface area (Å²) in [5, 5.41) is 0. The van der Waals surface area contributed by atoms with E-state index in [0.29, 0.717) is 25.7 Å². The number of hydrogen-bond donors (Lipinski definition) is 0. The molecule has 0 aromatic carbocycles. The molecule has 0 aromatic heterocycles. The Kier molecular flexibility index (Phi) is 50.4. The van der Waals surface area contributed by atoms with Crippen LogP contribution in [0.3, 0.4) is 0 Å². The first-order valence-electron chi connectivity index (χ1n) is 27.3. The molecule has 0 N–H and O–H groups in total. The van der Waals surface area contributed by atoms with Gasteiger partial charge in [0.25, 0.3) is 0 Å². The Balaban J connectivity index is 4.34. The first kappa shape index (κ1) is 61.1. The second-order valence-electron chi connectivity index (χ2n) is 18.2. The largest absolute Gasteiger partial charge is 0.462 e. The molecule has 0 amide bonds. The van der Waals surface area contributed by atoms with Crippen LogP contribution in [0.15, 0.2) is 60.8 Å². The Hall–Kier alpha value is -2.89. The maximum absolute atomic E-state index is 12.8. The van der Waals surface area contributed by atoms with E-state index in [9.17, 15) is 14.4 Å². The van der Waals surface area contributed by atoms with Crippen molar-refractivity contribution in [3.63, 3.8) is 0 Å². The van der Waals surface area contributed by atoms with Crippen LogP contribution >= 0.6 is 0 Å². The van der Waals surface area contributed by atoms with Gasteiger partial charge in [0.05, 0.1) is 0 Å². The van der Waals surface area contributed by atoms with Crippen LogP contribution in [0.2, 0.25) is 0 Å². The molecule has 0 fully saturated rings. The third kappa shape index (κ3) is 50.1. The quantitative estimate of drug-likeness (QED) is 0.0199. The maximum Gasteiger partial charge on any atom is 0.306 e. The Morgan fingerprint density at radius 1 is 0.312 bits per heavy atom. The molecule has 0 aromatic rings. The van der Waals surface area contributed by atoms with Crippen molar-refractivity contribution in [2.45, 2.75) is 277 Å². The number of carbonyl (C=O) groups is 3. The van der Waals surface area contributed by atoms with Crippen molar-refractivity contribution < 1.29 is 28.6 Å². The monoisotopic (exact) mass is 895 g/mol. The summed E-state index contributed by atoms with van der Waals surface area (Å²) >= 11 is 0. The molecular weight excluding hydrogens is 793 g/mol.